The first-order valence-corrected chi connectivity index (χ1v) is 11.5. The van der Waals surface area contributed by atoms with E-state index in [2.05, 4.69) is 10.3 Å². The summed E-state index contributed by atoms with van der Waals surface area (Å²) in [6.07, 6.45) is 2.55. The second kappa shape index (κ2) is 7.15. The molecule has 2 aromatic rings. The van der Waals surface area contributed by atoms with E-state index in [9.17, 15) is 14.4 Å². The van der Waals surface area contributed by atoms with Crippen LogP contribution in [0.1, 0.15) is 41.1 Å². The van der Waals surface area contributed by atoms with Gasteiger partial charge in [0.25, 0.3) is 5.91 Å². The van der Waals surface area contributed by atoms with Gasteiger partial charge in [0.1, 0.15) is 6.04 Å². The Hall–Kier alpha value is -2.74. The molecule has 1 spiro atoms. The highest BCUT2D eigenvalue weighted by Gasteiger charge is 2.66. The van der Waals surface area contributed by atoms with Crippen LogP contribution in [0.5, 0.6) is 0 Å². The van der Waals surface area contributed by atoms with Crippen molar-refractivity contribution in [1.29, 1.82) is 0 Å². The summed E-state index contributed by atoms with van der Waals surface area (Å²) < 4.78 is 0. The molecule has 3 amide bonds. The van der Waals surface area contributed by atoms with E-state index in [1.807, 2.05) is 49.9 Å². The maximum atomic E-state index is 13.4. The molecule has 1 N–H and O–H groups in total. The van der Waals surface area contributed by atoms with Crippen molar-refractivity contribution in [3.8, 4) is 0 Å². The van der Waals surface area contributed by atoms with Crippen molar-refractivity contribution in [2.45, 2.75) is 39.8 Å². The fraction of sp³-hybridized carbons (Fsp3) is 0.478. The molecule has 8 heteroatoms. The van der Waals surface area contributed by atoms with Gasteiger partial charge in [-0.3, -0.25) is 14.4 Å². The summed E-state index contributed by atoms with van der Waals surface area (Å²) in [5, 5.41) is 3.53. The van der Waals surface area contributed by atoms with E-state index in [0.29, 0.717) is 30.3 Å². The maximum absolute atomic E-state index is 13.4. The van der Waals surface area contributed by atoms with Crippen LogP contribution in [0.15, 0.2) is 30.5 Å². The maximum Gasteiger partial charge on any atom is 0.255 e. The van der Waals surface area contributed by atoms with Crippen LogP contribution in [-0.2, 0) is 16.1 Å². The summed E-state index contributed by atoms with van der Waals surface area (Å²) in [5.41, 5.74) is 1.56. The van der Waals surface area contributed by atoms with Crippen molar-refractivity contribution in [1.82, 2.24) is 14.8 Å². The van der Waals surface area contributed by atoms with Crippen LogP contribution in [0.4, 0.5) is 5.13 Å². The highest BCUT2D eigenvalue weighted by atomic mass is 32.1. The van der Waals surface area contributed by atoms with E-state index in [1.54, 1.807) is 11.1 Å². The van der Waals surface area contributed by atoms with Crippen molar-refractivity contribution < 1.29 is 14.4 Å². The Labute approximate surface area is 185 Å². The number of nitrogens with zero attached hydrogens (tertiary/aromatic N) is 3. The fourth-order valence-corrected chi connectivity index (χ4v) is 5.68. The first-order chi connectivity index (χ1) is 14.8. The molecule has 31 heavy (non-hydrogen) atoms. The van der Waals surface area contributed by atoms with Crippen molar-refractivity contribution in [2.75, 3.05) is 18.4 Å². The Bertz CT molecular complexity index is 1070. The van der Waals surface area contributed by atoms with E-state index in [4.69, 9.17) is 0 Å². The zero-order chi connectivity index (χ0) is 21.9. The molecule has 0 bridgehead atoms. The largest absolute Gasteiger partial charge is 0.340 e. The normalized spacial score (nSPS) is 21.8. The van der Waals surface area contributed by atoms with Crippen molar-refractivity contribution in [3.05, 3.63) is 46.5 Å². The fourth-order valence-electron chi connectivity index (χ4n) is 5.01. The average molecular weight is 439 g/mol. The molecule has 2 fully saturated rings. The van der Waals surface area contributed by atoms with Gasteiger partial charge in [0.15, 0.2) is 5.13 Å². The Balaban J connectivity index is 1.22. The van der Waals surface area contributed by atoms with Crippen LogP contribution in [0.2, 0.25) is 0 Å². The Kier molecular flexibility index (Phi) is 4.66. The number of carbonyl (C=O) groups excluding carboxylic acids is 3. The number of hydrogen-bond donors (Lipinski definition) is 1. The lowest BCUT2D eigenvalue weighted by Crippen LogP contribution is -2.60. The van der Waals surface area contributed by atoms with E-state index in [-0.39, 0.29) is 35.0 Å². The summed E-state index contributed by atoms with van der Waals surface area (Å²) in [6, 6.07) is 7.07. The van der Waals surface area contributed by atoms with Gasteiger partial charge in [-0.15, -0.1) is 11.3 Å². The molecule has 5 rings (SSSR count). The number of amides is 3. The molecule has 1 unspecified atom stereocenters. The smallest absolute Gasteiger partial charge is 0.255 e. The Morgan fingerprint density at radius 3 is 2.65 bits per heavy atom. The van der Waals surface area contributed by atoms with Crippen molar-refractivity contribution in [2.24, 2.45) is 17.3 Å². The van der Waals surface area contributed by atoms with Gasteiger partial charge in [-0.25, -0.2) is 4.98 Å². The summed E-state index contributed by atoms with van der Waals surface area (Å²) in [4.78, 5) is 47.7. The molecule has 0 radical (unpaired) electrons. The summed E-state index contributed by atoms with van der Waals surface area (Å²) in [6.45, 7) is 7.56. The number of fused-ring (bicyclic) bond motifs is 1. The number of anilines is 1. The van der Waals surface area contributed by atoms with Gasteiger partial charge in [0.2, 0.25) is 11.8 Å². The molecule has 1 saturated heterocycles. The van der Waals surface area contributed by atoms with E-state index < -0.39 is 6.04 Å². The van der Waals surface area contributed by atoms with E-state index in [1.165, 1.54) is 11.3 Å². The number of aromatic nitrogens is 1. The predicted molar refractivity (Wildman–Crippen MR) is 118 cm³/mol. The molecule has 1 saturated carbocycles. The lowest BCUT2D eigenvalue weighted by atomic mass is 9.90. The van der Waals surface area contributed by atoms with Gasteiger partial charge >= 0.3 is 0 Å². The zero-order valence-electron chi connectivity index (χ0n) is 17.9. The number of rotatable bonds is 5. The molecule has 1 aromatic heterocycles. The molecular weight excluding hydrogens is 412 g/mol. The van der Waals surface area contributed by atoms with Gasteiger partial charge in [-0.2, -0.15) is 0 Å². The van der Waals surface area contributed by atoms with E-state index >= 15 is 0 Å². The molecule has 7 nitrogen and oxygen atoms in total. The number of benzene rings is 1. The Morgan fingerprint density at radius 2 is 2.00 bits per heavy atom. The third kappa shape index (κ3) is 3.33. The topological polar surface area (TPSA) is 82.6 Å². The third-order valence-electron chi connectivity index (χ3n) is 6.75. The van der Waals surface area contributed by atoms with Crippen molar-refractivity contribution >= 4 is 34.2 Å². The lowest BCUT2D eigenvalue weighted by Gasteiger charge is -2.44. The highest BCUT2D eigenvalue weighted by Crippen LogP contribution is 2.59. The second-order valence-electron chi connectivity index (χ2n) is 9.36. The minimum atomic E-state index is -0.485. The standard InChI is InChI=1S/C23H26N4O3S/c1-13(2)18(27-10-15-6-4-5-7-16(15)20(27)29)21(30)26-11-23(12-26)8-17(23)19(28)25-22-24-9-14(3)31-22/h4-7,9,13,17-18H,8,10-12H2,1-3H3,(H,24,25,28)/t17?,18-/m0/s1. The number of aryl methyl sites for hydroxylation is 1. The molecule has 3 heterocycles. The van der Waals surface area contributed by atoms with Crippen LogP contribution < -0.4 is 5.32 Å². The van der Waals surface area contributed by atoms with Crippen LogP contribution in [0.25, 0.3) is 0 Å². The van der Waals surface area contributed by atoms with Crippen LogP contribution in [0, 0.1) is 24.2 Å². The van der Waals surface area contributed by atoms with Crippen LogP contribution >= 0.6 is 11.3 Å². The SMILES string of the molecule is Cc1cnc(NC(=O)C2CC23CN(C(=O)[C@H](C(C)C)N2Cc4ccccc4C2=O)C3)s1. The number of thiazole rings is 1. The van der Waals surface area contributed by atoms with Gasteiger partial charge in [-0.1, -0.05) is 32.0 Å². The minimum absolute atomic E-state index is 0.00738. The monoisotopic (exact) mass is 438 g/mol. The zero-order valence-corrected chi connectivity index (χ0v) is 18.7. The first kappa shape index (κ1) is 20.2. The molecule has 3 aliphatic rings. The lowest BCUT2D eigenvalue weighted by molar-refractivity contribution is -0.146. The Morgan fingerprint density at radius 1 is 1.26 bits per heavy atom. The van der Waals surface area contributed by atoms with Crippen LogP contribution in [0.3, 0.4) is 0 Å². The third-order valence-corrected chi connectivity index (χ3v) is 7.58. The van der Waals surface area contributed by atoms with E-state index in [0.717, 1.165) is 16.9 Å². The molecule has 162 valence electrons. The van der Waals surface area contributed by atoms with Crippen LogP contribution in [-0.4, -0.2) is 51.6 Å². The average Bonchev–Trinajstić information content (AvgIpc) is 3.22. The molecule has 1 aliphatic carbocycles. The first-order valence-electron chi connectivity index (χ1n) is 10.7. The number of hydrogen-bond acceptors (Lipinski definition) is 5. The van der Waals surface area contributed by atoms with Gasteiger partial charge in [0, 0.05) is 47.6 Å². The number of likely N-dealkylation sites (tertiary alicyclic amines) is 1. The predicted octanol–water partition coefficient (Wildman–Crippen LogP) is 2.92. The molecule has 2 atom stereocenters. The molecule has 2 aliphatic heterocycles. The number of carbonyl (C=O) groups is 3. The van der Waals surface area contributed by atoms with Crippen molar-refractivity contribution in [3.63, 3.8) is 0 Å². The highest BCUT2D eigenvalue weighted by molar-refractivity contribution is 7.15. The molecule has 1 aromatic carbocycles. The summed E-state index contributed by atoms with van der Waals surface area (Å²) in [5.74, 6) is -0.152. The van der Waals surface area contributed by atoms with Gasteiger partial charge in [-0.05, 0) is 30.9 Å². The minimum Gasteiger partial charge on any atom is -0.340 e. The van der Waals surface area contributed by atoms with Gasteiger partial charge in [0.05, 0.1) is 0 Å². The molecular formula is C23H26N4O3S. The second-order valence-corrected chi connectivity index (χ2v) is 10.6. The summed E-state index contributed by atoms with van der Waals surface area (Å²) >= 11 is 1.46. The number of nitrogens with one attached hydrogen (secondary N) is 1. The quantitative estimate of drug-likeness (QED) is 0.778. The van der Waals surface area contributed by atoms with Gasteiger partial charge < -0.3 is 15.1 Å². The summed E-state index contributed by atoms with van der Waals surface area (Å²) in [7, 11) is 0.